The summed E-state index contributed by atoms with van der Waals surface area (Å²) in [5, 5.41) is 11.5. The van der Waals surface area contributed by atoms with Crippen molar-refractivity contribution >= 4 is 43.0 Å². The van der Waals surface area contributed by atoms with Gasteiger partial charge < -0.3 is 14.7 Å². The van der Waals surface area contributed by atoms with E-state index in [1.165, 1.54) is 40.5 Å². The SMILES string of the molecule is C[C@@H]1CN([C@@H](C)CO)C(=O)c2cc(NS(=O)(=O)c3ccc(F)cc3)ccc2O[C@H]1CN(C)S(=O)(=O)c1cccs1. The number of carbonyl (C=O) groups is 1. The molecule has 14 heteroatoms. The van der Waals surface area contributed by atoms with Crippen molar-refractivity contribution in [3.05, 3.63) is 71.4 Å². The van der Waals surface area contributed by atoms with Crippen LogP contribution in [0.4, 0.5) is 10.1 Å². The summed E-state index contributed by atoms with van der Waals surface area (Å²) in [5.74, 6) is -1.25. The van der Waals surface area contributed by atoms with Crippen molar-refractivity contribution in [1.82, 2.24) is 9.21 Å². The maximum absolute atomic E-state index is 13.6. The number of ether oxygens (including phenoxy) is 1. The van der Waals surface area contributed by atoms with Crippen molar-refractivity contribution < 1.29 is 35.9 Å². The molecule has 216 valence electrons. The number of nitrogens with one attached hydrogen (secondary N) is 1. The summed E-state index contributed by atoms with van der Waals surface area (Å²) in [6.07, 6.45) is -0.679. The van der Waals surface area contributed by atoms with E-state index in [9.17, 15) is 31.1 Å². The highest BCUT2D eigenvalue weighted by atomic mass is 32.2. The van der Waals surface area contributed by atoms with E-state index in [1.54, 1.807) is 18.4 Å². The van der Waals surface area contributed by atoms with E-state index in [1.807, 2.05) is 6.92 Å². The van der Waals surface area contributed by atoms with Crippen molar-refractivity contribution in [2.24, 2.45) is 5.92 Å². The second-order valence-corrected chi connectivity index (χ2v) is 14.5. The van der Waals surface area contributed by atoms with Crippen molar-refractivity contribution in [2.75, 3.05) is 31.5 Å². The number of benzene rings is 2. The molecule has 1 aliphatic heterocycles. The molecule has 2 aromatic carbocycles. The van der Waals surface area contributed by atoms with E-state index in [-0.39, 0.29) is 51.7 Å². The third kappa shape index (κ3) is 6.31. The van der Waals surface area contributed by atoms with Crippen LogP contribution in [-0.2, 0) is 20.0 Å². The number of fused-ring (bicyclic) bond motifs is 1. The topological polar surface area (TPSA) is 133 Å². The normalized spacial score (nSPS) is 18.9. The zero-order valence-electron chi connectivity index (χ0n) is 22.0. The monoisotopic (exact) mass is 611 g/mol. The molecule has 3 aromatic rings. The highest BCUT2D eigenvalue weighted by Crippen LogP contribution is 2.32. The number of hydrogen-bond donors (Lipinski definition) is 2. The lowest BCUT2D eigenvalue weighted by molar-refractivity contribution is 0.0387. The summed E-state index contributed by atoms with van der Waals surface area (Å²) in [5.41, 5.74) is 0.111. The van der Waals surface area contributed by atoms with Gasteiger partial charge in [0.25, 0.3) is 26.0 Å². The van der Waals surface area contributed by atoms with E-state index in [2.05, 4.69) is 4.72 Å². The van der Waals surface area contributed by atoms with Gasteiger partial charge in [0.05, 0.1) is 29.7 Å². The minimum absolute atomic E-state index is 0.0185. The van der Waals surface area contributed by atoms with Gasteiger partial charge in [-0.25, -0.2) is 21.2 Å². The summed E-state index contributed by atoms with van der Waals surface area (Å²) in [7, 11) is -6.40. The van der Waals surface area contributed by atoms with Crippen LogP contribution in [-0.4, -0.2) is 75.9 Å². The molecule has 4 rings (SSSR count). The summed E-state index contributed by atoms with van der Waals surface area (Å²) < 4.78 is 75.1. The van der Waals surface area contributed by atoms with Gasteiger partial charge in [-0.05, 0) is 60.8 Å². The van der Waals surface area contributed by atoms with Crippen LogP contribution < -0.4 is 9.46 Å². The lowest BCUT2D eigenvalue weighted by Crippen LogP contribution is -2.50. The predicted octanol–water partition coefficient (Wildman–Crippen LogP) is 3.23. The molecule has 10 nitrogen and oxygen atoms in total. The first kappa shape index (κ1) is 29.9. The standard InChI is InChI=1S/C26H30FN3O7S3/c1-17-14-30(18(2)16-31)26(32)22-13-20(28-39(33,34)21-9-6-19(27)7-10-21)8-11-23(22)37-24(17)15-29(3)40(35,36)25-5-4-12-38-25/h4-13,17-18,24,28,31H,14-16H2,1-3H3/t17-,18+,24+/m1/s1. The van der Waals surface area contributed by atoms with E-state index in [0.29, 0.717) is 0 Å². The molecule has 0 unspecified atom stereocenters. The summed E-state index contributed by atoms with van der Waals surface area (Å²) in [4.78, 5) is 14.9. The van der Waals surface area contributed by atoms with E-state index < -0.39 is 43.9 Å². The maximum Gasteiger partial charge on any atom is 0.261 e. The number of rotatable bonds is 9. The van der Waals surface area contributed by atoms with Crippen LogP contribution in [0, 0.1) is 11.7 Å². The molecule has 0 fully saturated rings. The van der Waals surface area contributed by atoms with Crippen LogP contribution in [0.15, 0.2) is 69.1 Å². The van der Waals surface area contributed by atoms with Crippen LogP contribution in [0.5, 0.6) is 5.75 Å². The second-order valence-electron chi connectivity index (χ2n) is 9.61. The molecule has 1 amide bonds. The summed E-state index contributed by atoms with van der Waals surface area (Å²) in [6, 6.07) is 11.1. The first-order valence-electron chi connectivity index (χ1n) is 12.3. The largest absolute Gasteiger partial charge is 0.488 e. The Balaban J connectivity index is 1.68. The Hall–Kier alpha value is -3.04. The van der Waals surface area contributed by atoms with Gasteiger partial charge in [0.1, 0.15) is 21.9 Å². The van der Waals surface area contributed by atoms with E-state index in [4.69, 9.17) is 4.74 Å². The summed E-state index contributed by atoms with van der Waals surface area (Å²) in [6.45, 7) is 3.33. The van der Waals surface area contributed by atoms with Gasteiger partial charge in [-0.2, -0.15) is 4.31 Å². The molecule has 1 aromatic heterocycles. The van der Waals surface area contributed by atoms with Crippen molar-refractivity contribution in [2.45, 2.75) is 35.1 Å². The van der Waals surface area contributed by atoms with Gasteiger partial charge in [-0.1, -0.05) is 13.0 Å². The molecule has 2 N–H and O–H groups in total. The number of anilines is 1. The number of nitrogens with zero attached hydrogens (tertiary/aromatic N) is 2. The number of halogens is 1. The molecule has 2 heterocycles. The lowest BCUT2D eigenvalue weighted by atomic mass is 9.99. The maximum atomic E-state index is 13.6. The number of likely N-dealkylation sites (N-methyl/N-ethyl adjacent to an activating group) is 1. The Labute approximate surface area is 237 Å². The van der Waals surface area contributed by atoms with E-state index >= 15 is 0 Å². The molecule has 0 saturated heterocycles. The molecular formula is C26H30FN3O7S3. The van der Waals surface area contributed by atoms with Crippen LogP contribution >= 0.6 is 11.3 Å². The van der Waals surface area contributed by atoms with E-state index in [0.717, 1.165) is 35.6 Å². The Morgan fingerprint density at radius 3 is 2.50 bits per heavy atom. The highest BCUT2D eigenvalue weighted by molar-refractivity contribution is 7.92. The Morgan fingerprint density at radius 2 is 1.88 bits per heavy atom. The van der Waals surface area contributed by atoms with Crippen molar-refractivity contribution in [3.63, 3.8) is 0 Å². The zero-order chi connectivity index (χ0) is 29.2. The molecule has 0 bridgehead atoms. The lowest BCUT2D eigenvalue weighted by Gasteiger charge is -2.38. The number of aliphatic hydroxyl groups excluding tert-OH is 1. The van der Waals surface area contributed by atoms with Crippen LogP contribution in [0.2, 0.25) is 0 Å². The van der Waals surface area contributed by atoms with Gasteiger partial charge in [0, 0.05) is 25.2 Å². The minimum atomic E-state index is -4.09. The number of hydrogen-bond acceptors (Lipinski definition) is 8. The molecule has 0 aliphatic carbocycles. The number of amides is 1. The van der Waals surface area contributed by atoms with Gasteiger partial charge in [0.15, 0.2) is 0 Å². The molecule has 3 atom stereocenters. The number of aliphatic hydroxyl groups is 1. The Morgan fingerprint density at radius 1 is 1.18 bits per heavy atom. The second kappa shape index (κ2) is 11.8. The predicted molar refractivity (Wildman–Crippen MR) is 149 cm³/mol. The quantitative estimate of drug-likeness (QED) is 0.380. The van der Waals surface area contributed by atoms with Crippen LogP contribution in [0.1, 0.15) is 24.2 Å². The van der Waals surface area contributed by atoms with Gasteiger partial charge in [-0.3, -0.25) is 9.52 Å². The number of sulfonamides is 2. The van der Waals surface area contributed by atoms with Gasteiger partial charge in [0.2, 0.25) is 0 Å². The van der Waals surface area contributed by atoms with Crippen molar-refractivity contribution in [1.29, 1.82) is 0 Å². The molecule has 40 heavy (non-hydrogen) atoms. The Kier molecular flexibility index (Phi) is 8.85. The third-order valence-electron chi connectivity index (χ3n) is 6.64. The smallest absolute Gasteiger partial charge is 0.261 e. The average molecular weight is 612 g/mol. The first-order valence-corrected chi connectivity index (χ1v) is 16.1. The average Bonchev–Trinajstić information content (AvgIpc) is 3.47. The van der Waals surface area contributed by atoms with Gasteiger partial charge in [-0.15, -0.1) is 11.3 Å². The van der Waals surface area contributed by atoms with Crippen LogP contribution in [0.3, 0.4) is 0 Å². The van der Waals surface area contributed by atoms with Crippen LogP contribution in [0.25, 0.3) is 0 Å². The zero-order valence-corrected chi connectivity index (χ0v) is 24.5. The molecule has 0 saturated carbocycles. The van der Waals surface area contributed by atoms with Gasteiger partial charge >= 0.3 is 0 Å². The van der Waals surface area contributed by atoms with Crippen molar-refractivity contribution in [3.8, 4) is 5.75 Å². The third-order valence-corrected chi connectivity index (χ3v) is 11.2. The fourth-order valence-electron chi connectivity index (χ4n) is 4.25. The first-order chi connectivity index (χ1) is 18.8. The highest BCUT2D eigenvalue weighted by Gasteiger charge is 2.35. The minimum Gasteiger partial charge on any atom is -0.488 e. The fraction of sp³-hybridized carbons (Fsp3) is 0.346. The molecule has 0 radical (unpaired) electrons. The summed E-state index contributed by atoms with van der Waals surface area (Å²) >= 11 is 1.10. The molecule has 0 spiro atoms. The molecular weight excluding hydrogens is 581 g/mol. The number of thiophene rings is 1. The fourth-order valence-corrected chi connectivity index (χ4v) is 7.68. The Bertz CT molecular complexity index is 1560. The molecule has 1 aliphatic rings. The number of carbonyl (C=O) groups excluding carboxylic acids is 1.